The third kappa shape index (κ3) is 5.14. The molecule has 3 rings (SSSR count). The van der Waals surface area contributed by atoms with Crippen LogP contribution in [0, 0.1) is 13.8 Å². The molecule has 2 aromatic carbocycles. The maximum Gasteiger partial charge on any atom is 0.573 e. The minimum absolute atomic E-state index is 0.193. The Morgan fingerprint density at radius 3 is 2.31 bits per heavy atom. The van der Waals surface area contributed by atoms with Crippen LogP contribution in [0.3, 0.4) is 0 Å². The van der Waals surface area contributed by atoms with Crippen LogP contribution >= 0.6 is 23.2 Å². The summed E-state index contributed by atoms with van der Waals surface area (Å²) >= 11 is 12.2. The Labute approximate surface area is 189 Å². The monoisotopic (exact) mass is 508 g/mol. The zero-order valence-corrected chi connectivity index (χ0v) is 18.6. The molecule has 0 aliphatic rings. The summed E-state index contributed by atoms with van der Waals surface area (Å²) < 4.78 is 68.4. The van der Waals surface area contributed by atoms with E-state index in [0.29, 0.717) is 16.3 Å². The van der Waals surface area contributed by atoms with Gasteiger partial charge < -0.3 is 4.74 Å². The number of benzene rings is 2. The van der Waals surface area contributed by atoms with Crippen LogP contribution in [-0.4, -0.2) is 35.7 Å². The number of aromatic nitrogens is 3. The van der Waals surface area contributed by atoms with E-state index in [9.17, 15) is 26.4 Å². The maximum absolute atomic E-state index is 12.5. The average molecular weight is 509 g/mol. The zero-order chi connectivity index (χ0) is 23.8. The number of halogens is 5. The number of hydrogen-bond acceptors (Lipinski definition) is 6. The van der Waals surface area contributed by atoms with Crippen molar-refractivity contribution in [3.05, 3.63) is 63.4 Å². The summed E-state index contributed by atoms with van der Waals surface area (Å²) in [6.07, 6.45) is -4.93. The molecule has 0 fully saturated rings. The molecule has 1 amide bonds. The fourth-order valence-corrected chi connectivity index (χ4v) is 4.39. The molecule has 0 aliphatic heterocycles. The van der Waals surface area contributed by atoms with Crippen molar-refractivity contribution in [3.63, 3.8) is 0 Å². The first kappa shape index (κ1) is 23.8. The lowest BCUT2D eigenvalue weighted by molar-refractivity contribution is -0.274. The Hall–Kier alpha value is -2.83. The summed E-state index contributed by atoms with van der Waals surface area (Å²) in [5, 5.41) is 8.23. The van der Waals surface area contributed by atoms with Gasteiger partial charge in [0.15, 0.2) is 5.69 Å². The van der Waals surface area contributed by atoms with Crippen LogP contribution in [-0.2, 0) is 10.0 Å². The Morgan fingerprint density at radius 2 is 1.75 bits per heavy atom. The SMILES string of the molecule is Cc1cc(Cl)cc(Cl)c1-n1nnc(C(=O)NS(=O)(=O)c2ccc(OC(F)(F)F)cc2)c1C. The Morgan fingerprint density at radius 1 is 1.12 bits per heavy atom. The first-order valence-corrected chi connectivity index (χ1v) is 10.8. The predicted octanol–water partition coefficient (Wildman–Crippen LogP) is 4.21. The molecule has 0 saturated heterocycles. The zero-order valence-electron chi connectivity index (χ0n) is 16.2. The van der Waals surface area contributed by atoms with Crippen LogP contribution in [0.4, 0.5) is 13.2 Å². The fraction of sp³-hybridized carbons (Fsp3) is 0.167. The minimum atomic E-state index is -4.93. The third-order valence-corrected chi connectivity index (χ3v) is 5.99. The van der Waals surface area contributed by atoms with Gasteiger partial charge in [-0.15, -0.1) is 18.3 Å². The predicted molar refractivity (Wildman–Crippen MR) is 109 cm³/mol. The molecule has 0 saturated carbocycles. The normalized spacial score (nSPS) is 12.0. The molecule has 0 unspecified atom stereocenters. The van der Waals surface area contributed by atoms with Crippen LogP contribution in [0.15, 0.2) is 41.3 Å². The number of alkyl halides is 3. The van der Waals surface area contributed by atoms with E-state index in [-0.39, 0.29) is 16.4 Å². The highest BCUT2D eigenvalue weighted by atomic mass is 35.5. The molecule has 170 valence electrons. The van der Waals surface area contributed by atoms with E-state index in [1.807, 2.05) is 0 Å². The van der Waals surface area contributed by atoms with Crippen molar-refractivity contribution in [1.29, 1.82) is 0 Å². The number of carbonyl (C=O) groups excluding carboxylic acids is 1. The summed E-state index contributed by atoms with van der Waals surface area (Å²) in [7, 11) is -4.42. The van der Waals surface area contributed by atoms with Gasteiger partial charge in [0.2, 0.25) is 0 Å². The van der Waals surface area contributed by atoms with Gasteiger partial charge in [0.05, 0.1) is 21.3 Å². The van der Waals surface area contributed by atoms with Gasteiger partial charge in [-0.1, -0.05) is 28.4 Å². The number of nitrogens with zero attached hydrogens (tertiary/aromatic N) is 3. The molecule has 1 heterocycles. The van der Waals surface area contributed by atoms with Crippen LogP contribution in [0.25, 0.3) is 5.69 Å². The van der Waals surface area contributed by atoms with E-state index < -0.39 is 32.9 Å². The number of amides is 1. The van der Waals surface area contributed by atoms with Crippen molar-refractivity contribution in [1.82, 2.24) is 19.7 Å². The van der Waals surface area contributed by atoms with E-state index in [1.165, 1.54) is 17.7 Å². The number of ether oxygens (including phenoxy) is 1. The molecule has 0 aliphatic carbocycles. The van der Waals surface area contributed by atoms with Crippen LogP contribution < -0.4 is 9.46 Å². The quantitative estimate of drug-likeness (QED) is 0.553. The molecular formula is C18H13Cl2F3N4O4S. The highest BCUT2D eigenvalue weighted by molar-refractivity contribution is 7.90. The van der Waals surface area contributed by atoms with Gasteiger partial charge in [-0.3, -0.25) is 4.79 Å². The van der Waals surface area contributed by atoms with Crippen LogP contribution in [0.2, 0.25) is 10.0 Å². The largest absolute Gasteiger partial charge is 0.573 e. The number of aryl methyl sites for hydroxylation is 1. The second-order valence-electron chi connectivity index (χ2n) is 6.44. The number of rotatable bonds is 5. The Bertz CT molecular complexity index is 1270. The molecular weight excluding hydrogens is 496 g/mol. The topological polar surface area (TPSA) is 103 Å². The molecule has 1 N–H and O–H groups in total. The van der Waals surface area contributed by atoms with Gasteiger partial charge in [0.25, 0.3) is 15.9 Å². The molecule has 0 spiro atoms. The molecule has 8 nitrogen and oxygen atoms in total. The second-order valence-corrected chi connectivity index (χ2v) is 8.97. The summed E-state index contributed by atoms with van der Waals surface area (Å²) in [5.41, 5.74) is 0.939. The van der Waals surface area contributed by atoms with Crippen molar-refractivity contribution < 1.29 is 31.1 Å². The number of nitrogens with one attached hydrogen (secondary N) is 1. The second kappa shape index (κ2) is 8.60. The lowest BCUT2D eigenvalue weighted by atomic mass is 10.2. The maximum atomic E-state index is 12.5. The highest BCUT2D eigenvalue weighted by Crippen LogP contribution is 2.29. The lowest BCUT2D eigenvalue weighted by Crippen LogP contribution is -2.31. The Balaban J connectivity index is 1.85. The molecule has 0 radical (unpaired) electrons. The highest BCUT2D eigenvalue weighted by Gasteiger charge is 2.31. The van der Waals surface area contributed by atoms with E-state index in [0.717, 1.165) is 24.3 Å². The minimum Gasteiger partial charge on any atom is -0.406 e. The molecule has 14 heteroatoms. The average Bonchev–Trinajstić information content (AvgIpc) is 3.01. The van der Waals surface area contributed by atoms with E-state index in [1.54, 1.807) is 17.7 Å². The number of sulfonamides is 1. The number of hydrogen-bond donors (Lipinski definition) is 1. The summed E-state index contributed by atoms with van der Waals surface area (Å²) in [6, 6.07) is 6.43. The van der Waals surface area contributed by atoms with E-state index in [2.05, 4.69) is 15.0 Å². The first-order valence-electron chi connectivity index (χ1n) is 8.60. The lowest BCUT2D eigenvalue weighted by Gasteiger charge is -2.11. The van der Waals surface area contributed by atoms with Gasteiger partial charge in [-0.05, 0) is 55.8 Å². The number of carbonyl (C=O) groups is 1. The standard InChI is InChI=1S/C18H13Cl2F3N4O4S/c1-9-7-11(19)8-14(20)16(9)27-10(2)15(24-26-27)17(28)25-32(29,30)13-5-3-12(4-6-13)31-18(21,22)23/h3-8H,1-2H3,(H,25,28). The van der Waals surface area contributed by atoms with Crippen molar-refractivity contribution in [2.24, 2.45) is 0 Å². The smallest absolute Gasteiger partial charge is 0.406 e. The van der Waals surface area contributed by atoms with Gasteiger partial charge >= 0.3 is 6.36 Å². The van der Waals surface area contributed by atoms with Gasteiger partial charge in [-0.25, -0.2) is 17.8 Å². The van der Waals surface area contributed by atoms with Crippen molar-refractivity contribution >= 4 is 39.1 Å². The molecule has 32 heavy (non-hydrogen) atoms. The van der Waals surface area contributed by atoms with Gasteiger partial charge in [-0.2, -0.15) is 0 Å². The van der Waals surface area contributed by atoms with E-state index in [4.69, 9.17) is 23.2 Å². The van der Waals surface area contributed by atoms with Gasteiger partial charge in [0.1, 0.15) is 5.75 Å². The summed E-state index contributed by atoms with van der Waals surface area (Å²) in [4.78, 5) is 12.1. The third-order valence-electron chi connectivity index (χ3n) is 4.13. The fourth-order valence-electron chi connectivity index (χ4n) is 2.76. The molecule has 3 aromatic rings. The molecule has 0 atom stereocenters. The Kier molecular flexibility index (Phi) is 6.40. The molecule has 0 bridgehead atoms. The molecule has 1 aromatic heterocycles. The van der Waals surface area contributed by atoms with Gasteiger partial charge in [0, 0.05) is 5.02 Å². The summed E-state index contributed by atoms with van der Waals surface area (Å²) in [5.74, 6) is -1.70. The van der Waals surface area contributed by atoms with E-state index >= 15 is 0 Å². The van der Waals surface area contributed by atoms with Crippen molar-refractivity contribution in [2.45, 2.75) is 25.1 Å². The summed E-state index contributed by atoms with van der Waals surface area (Å²) in [6.45, 7) is 3.19. The van der Waals surface area contributed by atoms with Crippen LogP contribution in [0.1, 0.15) is 21.7 Å². The first-order chi connectivity index (χ1) is 14.8. The van der Waals surface area contributed by atoms with Crippen LogP contribution in [0.5, 0.6) is 5.75 Å². The van der Waals surface area contributed by atoms with Crippen molar-refractivity contribution in [2.75, 3.05) is 0 Å². The van der Waals surface area contributed by atoms with Crippen molar-refractivity contribution in [3.8, 4) is 11.4 Å².